The summed E-state index contributed by atoms with van der Waals surface area (Å²) in [6, 6.07) is 14.4. The van der Waals surface area contributed by atoms with Crippen molar-refractivity contribution < 1.29 is 4.79 Å². The second-order valence-corrected chi connectivity index (χ2v) is 8.66. The number of aryl methyl sites for hydroxylation is 1. The molecule has 4 aromatic rings. The highest BCUT2D eigenvalue weighted by Gasteiger charge is 2.21. The summed E-state index contributed by atoms with van der Waals surface area (Å²) >= 11 is 1.03. The van der Waals surface area contributed by atoms with Gasteiger partial charge in [0, 0.05) is 6.54 Å². The molecule has 0 aliphatic carbocycles. The largest absolute Gasteiger partial charge is 0.384 e. The molecule has 0 saturated carbocycles. The molecule has 3 N–H and O–H groups in total. The Hall–Kier alpha value is -3.92. The zero-order valence-electron chi connectivity index (χ0n) is 18.7. The number of benzene rings is 2. The van der Waals surface area contributed by atoms with Crippen LogP contribution in [0.3, 0.4) is 0 Å². The summed E-state index contributed by atoms with van der Waals surface area (Å²) in [6.45, 7) is 4.01. The molecule has 4 rings (SSSR count). The van der Waals surface area contributed by atoms with Crippen molar-refractivity contribution in [3.63, 3.8) is 0 Å². The number of aromatic nitrogens is 4. The van der Waals surface area contributed by atoms with Crippen molar-refractivity contribution in [1.82, 2.24) is 19.1 Å². The second-order valence-electron chi connectivity index (χ2n) is 7.72. The van der Waals surface area contributed by atoms with Crippen LogP contribution in [0, 0.1) is 6.92 Å². The van der Waals surface area contributed by atoms with Gasteiger partial charge in [-0.25, -0.2) is 9.78 Å². The number of nitrogen functional groups attached to an aromatic ring is 1. The maximum atomic E-state index is 13.4. The quantitative estimate of drug-likeness (QED) is 0.237. The van der Waals surface area contributed by atoms with Crippen LogP contribution in [0.15, 0.2) is 68.1 Å². The van der Waals surface area contributed by atoms with E-state index in [1.807, 2.05) is 38.1 Å². The molecule has 9 nitrogen and oxygen atoms in total. The summed E-state index contributed by atoms with van der Waals surface area (Å²) < 4.78 is 2.65. The van der Waals surface area contributed by atoms with Crippen molar-refractivity contribution in [2.45, 2.75) is 32.0 Å². The lowest BCUT2D eigenvalue weighted by Gasteiger charge is -2.15. The Morgan fingerprint density at radius 1 is 1.09 bits per heavy atom. The summed E-state index contributed by atoms with van der Waals surface area (Å²) in [5.41, 5.74) is 6.02. The number of Topliss-reactive ketones (excluding diaryl/α,β-unsaturated/α-hetero) is 1. The first-order valence-electron chi connectivity index (χ1n) is 10.7. The third-order valence-electron chi connectivity index (χ3n) is 5.40. The Morgan fingerprint density at radius 3 is 2.53 bits per heavy atom. The van der Waals surface area contributed by atoms with Crippen LogP contribution >= 0.6 is 11.8 Å². The molecule has 174 valence electrons. The number of carbonyl (C=O) groups is 1. The van der Waals surface area contributed by atoms with Crippen molar-refractivity contribution in [1.29, 1.82) is 0 Å². The summed E-state index contributed by atoms with van der Waals surface area (Å²) in [4.78, 5) is 57.7. The van der Waals surface area contributed by atoms with Gasteiger partial charge in [0.05, 0.1) is 22.3 Å². The lowest BCUT2D eigenvalue weighted by atomic mass is 10.2. The first kappa shape index (κ1) is 23.2. The predicted molar refractivity (Wildman–Crippen MR) is 133 cm³/mol. The van der Waals surface area contributed by atoms with E-state index in [2.05, 4.69) is 9.97 Å². The molecule has 0 radical (unpaired) electrons. The summed E-state index contributed by atoms with van der Waals surface area (Å²) in [5, 5.41) is 0.761. The first-order valence-corrected chi connectivity index (χ1v) is 11.7. The number of hydrogen-bond acceptors (Lipinski definition) is 7. The van der Waals surface area contributed by atoms with Crippen molar-refractivity contribution >= 4 is 34.3 Å². The number of H-pyrrole nitrogens is 1. The minimum atomic E-state index is -0.830. The molecule has 0 fully saturated rings. The molecule has 0 saturated heterocycles. The predicted octanol–water partition coefficient (Wildman–Crippen LogP) is 2.51. The van der Waals surface area contributed by atoms with Crippen LogP contribution < -0.4 is 22.5 Å². The van der Waals surface area contributed by atoms with Crippen LogP contribution in [0.1, 0.15) is 29.3 Å². The Balaban J connectivity index is 1.79. The number of nitrogens with two attached hydrogens (primary N) is 1. The van der Waals surface area contributed by atoms with Crippen molar-refractivity contribution in [3.8, 4) is 5.69 Å². The van der Waals surface area contributed by atoms with Gasteiger partial charge in [-0.15, -0.1) is 0 Å². The van der Waals surface area contributed by atoms with Gasteiger partial charge in [-0.3, -0.25) is 28.5 Å². The Morgan fingerprint density at radius 2 is 1.79 bits per heavy atom. The highest BCUT2D eigenvalue weighted by Crippen LogP contribution is 2.24. The normalized spacial score (nSPS) is 11.1. The van der Waals surface area contributed by atoms with E-state index in [0.717, 1.165) is 17.3 Å². The first-order chi connectivity index (χ1) is 16.3. The Bertz CT molecular complexity index is 1590. The monoisotopic (exact) mass is 477 g/mol. The van der Waals surface area contributed by atoms with E-state index in [0.29, 0.717) is 28.2 Å². The van der Waals surface area contributed by atoms with E-state index >= 15 is 0 Å². The van der Waals surface area contributed by atoms with Gasteiger partial charge in [0.15, 0.2) is 10.9 Å². The molecule has 0 atom stereocenters. The SMILES string of the molecule is CCCn1c(N)c(C(=O)CSc2nc3ccccc3c(=O)n2-c2ccccc2C)c(=O)[nH]c1=O. The lowest BCUT2D eigenvalue weighted by molar-refractivity contribution is 0.102. The average molecular weight is 478 g/mol. The minimum Gasteiger partial charge on any atom is -0.384 e. The Labute approximate surface area is 198 Å². The summed E-state index contributed by atoms with van der Waals surface area (Å²) in [7, 11) is 0. The van der Waals surface area contributed by atoms with Crippen LogP contribution in [0.5, 0.6) is 0 Å². The zero-order chi connectivity index (χ0) is 24.4. The number of fused-ring (bicyclic) bond motifs is 1. The van der Waals surface area contributed by atoms with Gasteiger partial charge in [0.1, 0.15) is 11.4 Å². The van der Waals surface area contributed by atoms with E-state index in [4.69, 9.17) is 5.73 Å². The molecule has 0 unspecified atom stereocenters. The molecule has 0 spiro atoms. The number of rotatable bonds is 7. The number of carbonyl (C=O) groups excluding carboxylic acids is 1. The number of ketones is 1. The molecular formula is C24H23N5O4S. The highest BCUT2D eigenvalue weighted by atomic mass is 32.2. The molecule has 2 aromatic carbocycles. The van der Waals surface area contributed by atoms with E-state index in [-0.39, 0.29) is 29.2 Å². The maximum Gasteiger partial charge on any atom is 0.329 e. The van der Waals surface area contributed by atoms with Crippen molar-refractivity contribution in [2.24, 2.45) is 0 Å². The smallest absolute Gasteiger partial charge is 0.329 e. The van der Waals surface area contributed by atoms with Crippen LogP contribution in [0.25, 0.3) is 16.6 Å². The van der Waals surface area contributed by atoms with Gasteiger partial charge < -0.3 is 5.73 Å². The van der Waals surface area contributed by atoms with Gasteiger partial charge in [-0.05, 0) is 37.1 Å². The zero-order valence-corrected chi connectivity index (χ0v) is 19.5. The third kappa shape index (κ3) is 4.19. The fourth-order valence-electron chi connectivity index (χ4n) is 3.74. The molecule has 2 aromatic heterocycles. The third-order valence-corrected chi connectivity index (χ3v) is 6.34. The number of aromatic amines is 1. The second kappa shape index (κ2) is 9.52. The van der Waals surface area contributed by atoms with E-state index in [1.54, 1.807) is 24.3 Å². The van der Waals surface area contributed by atoms with Crippen LogP contribution in [-0.4, -0.2) is 30.6 Å². The van der Waals surface area contributed by atoms with Crippen molar-refractivity contribution in [2.75, 3.05) is 11.5 Å². The molecule has 0 amide bonds. The van der Waals surface area contributed by atoms with Gasteiger partial charge >= 0.3 is 5.69 Å². The number of para-hydroxylation sites is 2. The van der Waals surface area contributed by atoms with Gasteiger partial charge in [0.2, 0.25) is 0 Å². The fraction of sp³-hybridized carbons (Fsp3) is 0.208. The summed E-state index contributed by atoms with van der Waals surface area (Å²) in [5.74, 6) is -0.926. The van der Waals surface area contributed by atoms with E-state index in [1.165, 1.54) is 9.13 Å². The lowest BCUT2D eigenvalue weighted by Crippen LogP contribution is -2.36. The standard InChI is InChI=1S/C24H23N5O4S/c1-3-12-28-20(25)19(21(31)27-23(28)33)18(30)13-34-24-26-16-10-6-5-9-15(16)22(32)29(24)17-11-7-4-8-14(17)2/h4-11H,3,12-13,25H2,1-2H3,(H,27,31,33). The molecule has 34 heavy (non-hydrogen) atoms. The number of thioether (sulfide) groups is 1. The molecule has 0 aliphatic heterocycles. The van der Waals surface area contributed by atoms with E-state index < -0.39 is 17.0 Å². The van der Waals surface area contributed by atoms with Crippen molar-refractivity contribution in [3.05, 3.63) is 90.8 Å². The number of nitrogens with one attached hydrogen (secondary N) is 1. The molecule has 0 bridgehead atoms. The fourth-order valence-corrected chi connectivity index (χ4v) is 4.62. The highest BCUT2D eigenvalue weighted by molar-refractivity contribution is 7.99. The number of nitrogens with zero attached hydrogens (tertiary/aromatic N) is 3. The number of anilines is 1. The topological polar surface area (TPSA) is 133 Å². The maximum absolute atomic E-state index is 13.4. The van der Waals surface area contributed by atoms with Crippen LogP contribution in [0.4, 0.5) is 5.82 Å². The molecular weight excluding hydrogens is 454 g/mol. The van der Waals surface area contributed by atoms with Crippen LogP contribution in [-0.2, 0) is 6.54 Å². The Kier molecular flexibility index (Phi) is 6.51. The van der Waals surface area contributed by atoms with Crippen LogP contribution in [0.2, 0.25) is 0 Å². The van der Waals surface area contributed by atoms with Gasteiger partial charge in [-0.2, -0.15) is 0 Å². The minimum absolute atomic E-state index is 0.163. The summed E-state index contributed by atoms with van der Waals surface area (Å²) in [6.07, 6.45) is 0.599. The molecule has 10 heteroatoms. The van der Waals surface area contributed by atoms with E-state index in [9.17, 15) is 19.2 Å². The average Bonchev–Trinajstić information content (AvgIpc) is 2.81. The van der Waals surface area contributed by atoms with Gasteiger partial charge in [0.25, 0.3) is 11.1 Å². The number of hydrogen-bond donors (Lipinski definition) is 2. The van der Waals surface area contributed by atoms with Gasteiger partial charge in [-0.1, -0.05) is 49.0 Å². The molecule has 0 aliphatic rings. The molecule has 2 heterocycles.